The predicted molar refractivity (Wildman–Crippen MR) is 53.7 cm³/mol. The Labute approximate surface area is 95.8 Å². The van der Waals surface area contributed by atoms with Gasteiger partial charge in [0.15, 0.2) is 11.5 Å². The number of carbonyl (C=O) groups is 1. The van der Waals surface area contributed by atoms with Gasteiger partial charge in [-0.15, -0.1) is 8.78 Å². The van der Waals surface area contributed by atoms with Crippen LogP contribution in [0.5, 0.6) is 11.5 Å². The van der Waals surface area contributed by atoms with Gasteiger partial charge in [0.1, 0.15) is 0 Å². The van der Waals surface area contributed by atoms with Crippen LogP contribution in [0.3, 0.4) is 0 Å². The molecule has 17 heavy (non-hydrogen) atoms. The van der Waals surface area contributed by atoms with E-state index >= 15 is 0 Å². The van der Waals surface area contributed by atoms with E-state index in [0.29, 0.717) is 5.56 Å². The summed E-state index contributed by atoms with van der Waals surface area (Å²) in [5, 5.41) is 8.87. The van der Waals surface area contributed by atoms with E-state index in [1.807, 2.05) is 0 Å². The van der Waals surface area contributed by atoms with Crippen LogP contribution in [0, 0.1) is 0 Å². The Morgan fingerprint density at radius 1 is 1.35 bits per heavy atom. The van der Waals surface area contributed by atoms with Crippen LogP contribution in [0.1, 0.15) is 35.7 Å². The maximum absolute atomic E-state index is 12.9. The second kappa shape index (κ2) is 3.58. The third kappa shape index (κ3) is 2.02. The van der Waals surface area contributed by atoms with Crippen LogP contribution in [0.15, 0.2) is 12.1 Å². The van der Waals surface area contributed by atoms with Crippen molar-refractivity contribution in [3.8, 4) is 11.5 Å². The van der Waals surface area contributed by atoms with Crippen LogP contribution in [0.2, 0.25) is 0 Å². The molecule has 6 heteroatoms. The molecule has 4 nitrogen and oxygen atoms in total. The van der Waals surface area contributed by atoms with Crippen molar-refractivity contribution in [3.63, 3.8) is 0 Å². The summed E-state index contributed by atoms with van der Waals surface area (Å²) in [6, 6.07) is 2.35. The van der Waals surface area contributed by atoms with Gasteiger partial charge in [0.2, 0.25) is 0 Å². The first-order chi connectivity index (χ1) is 7.80. The Bertz CT molecular complexity index is 483. The van der Waals surface area contributed by atoms with Crippen molar-refractivity contribution in [1.82, 2.24) is 0 Å². The van der Waals surface area contributed by atoms with Crippen LogP contribution in [-0.2, 0) is 0 Å². The SMILES string of the molecule is CC(C)c1cc(C(=O)O)cc2c1OC(F)(F)O2. The lowest BCUT2D eigenvalue weighted by Crippen LogP contribution is -2.26. The summed E-state index contributed by atoms with van der Waals surface area (Å²) in [5.41, 5.74) is 0.283. The summed E-state index contributed by atoms with van der Waals surface area (Å²) >= 11 is 0. The lowest BCUT2D eigenvalue weighted by molar-refractivity contribution is -0.287. The molecule has 0 atom stereocenters. The molecular formula is C11H10F2O4. The number of carboxylic acids is 1. The van der Waals surface area contributed by atoms with Crippen LogP contribution in [-0.4, -0.2) is 17.4 Å². The van der Waals surface area contributed by atoms with E-state index in [0.717, 1.165) is 6.07 Å². The van der Waals surface area contributed by atoms with Crippen LogP contribution >= 0.6 is 0 Å². The Hall–Kier alpha value is -1.85. The number of hydrogen-bond acceptors (Lipinski definition) is 3. The fraction of sp³-hybridized carbons (Fsp3) is 0.364. The molecule has 0 amide bonds. The zero-order chi connectivity index (χ0) is 12.8. The van der Waals surface area contributed by atoms with E-state index in [1.165, 1.54) is 6.07 Å². The molecule has 1 aliphatic rings. The minimum absolute atomic E-state index is 0.0880. The second-order valence-electron chi connectivity index (χ2n) is 4.02. The quantitative estimate of drug-likeness (QED) is 0.869. The smallest absolute Gasteiger partial charge is 0.478 e. The van der Waals surface area contributed by atoms with Gasteiger partial charge in [-0.1, -0.05) is 13.8 Å². The highest BCUT2D eigenvalue weighted by molar-refractivity contribution is 5.89. The van der Waals surface area contributed by atoms with Crippen molar-refractivity contribution in [3.05, 3.63) is 23.3 Å². The van der Waals surface area contributed by atoms with Crippen molar-refractivity contribution < 1.29 is 28.2 Å². The number of alkyl halides is 2. The Morgan fingerprint density at radius 2 is 2.00 bits per heavy atom. The first-order valence-electron chi connectivity index (χ1n) is 4.97. The van der Waals surface area contributed by atoms with E-state index in [2.05, 4.69) is 9.47 Å². The number of fused-ring (bicyclic) bond motifs is 1. The van der Waals surface area contributed by atoms with Crippen molar-refractivity contribution in [1.29, 1.82) is 0 Å². The molecule has 2 rings (SSSR count). The summed E-state index contributed by atoms with van der Waals surface area (Å²) in [6.07, 6.45) is -3.73. The fourth-order valence-corrected chi connectivity index (χ4v) is 1.63. The maximum atomic E-state index is 12.9. The van der Waals surface area contributed by atoms with Gasteiger partial charge in [0.05, 0.1) is 5.56 Å². The number of hydrogen-bond donors (Lipinski definition) is 1. The highest BCUT2D eigenvalue weighted by Gasteiger charge is 2.45. The average molecular weight is 244 g/mol. The second-order valence-corrected chi connectivity index (χ2v) is 4.02. The molecule has 1 heterocycles. The highest BCUT2D eigenvalue weighted by atomic mass is 19.3. The van der Waals surface area contributed by atoms with Crippen molar-refractivity contribution >= 4 is 5.97 Å². The largest absolute Gasteiger partial charge is 0.586 e. The summed E-state index contributed by atoms with van der Waals surface area (Å²) in [5.74, 6) is -1.68. The first-order valence-corrected chi connectivity index (χ1v) is 4.97. The minimum atomic E-state index is -3.73. The Morgan fingerprint density at radius 3 is 2.53 bits per heavy atom. The molecule has 1 aromatic rings. The summed E-state index contributed by atoms with van der Waals surface area (Å²) in [6.45, 7) is 3.50. The normalized spacial score (nSPS) is 16.3. The molecule has 1 N–H and O–H groups in total. The number of carboxylic acid groups (broad SMARTS) is 1. The molecule has 0 bridgehead atoms. The summed E-state index contributed by atoms with van der Waals surface area (Å²) in [7, 11) is 0. The Balaban J connectivity index is 2.58. The third-order valence-corrected chi connectivity index (χ3v) is 2.40. The van der Waals surface area contributed by atoms with E-state index < -0.39 is 12.3 Å². The molecule has 0 aliphatic carbocycles. The molecule has 1 aromatic carbocycles. The van der Waals surface area contributed by atoms with Gasteiger partial charge in [0.25, 0.3) is 0 Å². The molecular weight excluding hydrogens is 234 g/mol. The summed E-state index contributed by atoms with van der Waals surface area (Å²) in [4.78, 5) is 10.9. The van der Waals surface area contributed by atoms with Gasteiger partial charge in [-0.25, -0.2) is 4.79 Å². The van der Waals surface area contributed by atoms with E-state index in [1.54, 1.807) is 13.8 Å². The minimum Gasteiger partial charge on any atom is -0.478 e. The molecule has 0 saturated carbocycles. The van der Waals surface area contributed by atoms with Crippen molar-refractivity contribution in [2.75, 3.05) is 0 Å². The zero-order valence-electron chi connectivity index (χ0n) is 9.16. The van der Waals surface area contributed by atoms with E-state index in [-0.39, 0.29) is 23.0 Å². The Kier molecular flexibility index (Phi) is 2.45. The van der Waals surface area contributed by atoms with Gasteiger partial charge in [-0.2, -0.15) is 0 Å². The van der Waals surface area contributed by atoms with Crippen LogP contribution in [0.25, 0.3) is 0 Å². The highest BCUT2D eigenvalue weighted by Crippen LogP contribution is 2.46. The molecule has 0 radical (unpaired) electrons. The van der Waals surface area contributed by atoms with Gasteiger partial charge in [0, 0.05) is 5.56 Å². The molecule has 92 valence electrons. The molecule has 0 fully saturated rings. The van der Waals surface area contributed by atoms with Gasteiger partial charge >= 0.3 is 12.3 Å². The summed E-state index contributed by atoms with van der Waals surface area (Å²) < 4.78 is 34.5. The fourth-order valence-electron chi connectivity index (χ4n) is 1.63. The maximum Gasteiger partial charge on any atom is 0.586 e. The lowest BCUT2D eigenvalue weighted by atomic mass is 9.99. The van der Waals surface area contributed by atoms with E-state index in [4.69, 9.17) is 5.11 Å². The standard InChI is InChI=1S/C11H10F2O4/c1-5(2)7-3-6(10(14)15)4-8-9(7)17-11(12,13)16-8/h3-5H,1-2H3,(H,14,15). The third-order valence-electron chi connectivity index (χ3n) is 2.40. The molecule has 0 aromatic heterocycles. The van der Waals surface area contributed by atoms with Crippen molar-refractivity contribution in [2.24, 2.45) is 0 Å². The van der Waals surface area contributed by atoms with Gasteiger partial charge in [-0.3, -0.25) is 0 Å². The molecule has 0 unspecified atom stereocenters. The number of halogens is 2. The van der Waals surface area contributed by atoms with Gasteiger partial charge in [-0.05, 0) is 18.1 Å². The molecule has 1 aliphatic heterocycles. The predicted octanol–water partition coefficient (Wildman–Crippen LogP) is 2.83. The molecule has 0 spiro atoms. The zero-order valence-corrected chi connectivity index (χ0v) is 9.16. The van der Waals surface area contributed by atoms with Gasteiger partial charge < -0.3 is 14.6 Å². The average Bonchev–Trinajstić information content (AvgIpc) is 2.49. The lowest BCUT2D eigenvalue weighted by Gasteiger charge is -2.10. The monoisotopic (exact) mass is 244 g/mol. The van der Waals surface area contributed by atoms with E-state index in [9.17, 15) is 13.6 Å². The van der Waals surface area contributed by atoms with Crippen LogP contribution < -0.4 is 9.47 Å². The van der Waals surface area contributed by atoms with Crippen LogP contribution in [0.4, 0.5) is 8.78 Å². The number of ether oxygens (including phenoxy) is 2. The van der Waals surface area contributed by atoms with Crippen molar-refractivity contribution in [2.45, 2.75) is 26.1 Å². The first kappa shape index (κ1) is 11.6. The number of benzene rings is 1. The topological polar surface area (TPSA) is 55.8 Å². The number of rotatable bonds is 2. The molecule has 0 saturated heterocycles. The number of aromatic carboxylic acids is 1.